The van der Waals surface area contributed by atoms with E-state index in [1.54, 1.807) is 22.9 Å². The molecule has 3 amide bonds. The number of fused-ring (bicyclic) bond motifs is 2. The normalized spacial score (nSPS) is 19.3. The lowest BCUT2D eigenvalue weighted by Gasteiger charge is -2.38. The molecule has 1 atom stereocenters. The summed E-state index contributed by atoms with van der Waals surface area (Å²) in [5.74, 6) is 0.536. The average molecular weight is 726 g/mol. The Hall–Kier alpha value is -2.98. The predicted octanol–water partition coefficient (Wildman–Crippen LogP) is 5.61. The lowest BCUT2D eigenvalue weighted by molar-refractivity contribution is -0.134. The number of aromatic nitrogens is 2. The Morgan fingerprint density at radius 2 is 1.66 bits per heavy atom. The lowest BCUT2D eigenvalue weighted by Crippen LogP contribution is -2.43. The number of nitrogens with two attached hydrogens (primary N) is 1. The first-order valence-corrected chi connectivity index (χ1v) is 17.2. The van der Waals surface area contributed by atoms with Crippen LogP contribution in [0.5, 0.6) is 0 Å². The third-order valence-electron chi connectivity index (χ3n) is 9.70. The Morgan fingerprint density at radius 1 is 0.955 bits per heavy atom. The number of primary amides is 1. The fraction of sp³-hybridized carbons (Fsp3) is 0.471. The maximum atomic E-state index is 13.5. The van der Waals surface area contributed by atoms with Crippen molar-refractivity contribution in [1.29, 1.82) is 0 Å². The van der Waals surface area contributed by atoms with Crippen molar-refractivity contribution in [1.82, 2.24) is 19.4 Å². The smallest absolute Gasteiger partial charge is 0.270 e. The molecule has 44 heavy (non-hydrogen) atoms. The quantitative estimate of drug-likeness (QED) is 0.357. The van der Waals surface area contributed by atoms with Gasteiger partial charge in [-0.1, -0.05) is 22.0 Å². The van der Waals surface area contributed by atoms with Crippen LogP contribution in [0.15, 0.2) is 51.7 Å². The van der Waals surface area contributed by atoms with Gasteiger partial charge in [-0.15, -0.1) is 0 Å². The molecule has 4 heterocycles. The zero-order chi connectivity index (χ0) is 31.0. The van der Waals surface area contributed by atoms with Crippen LogP contribution in [-0.2, 0) is 29.0 Å². The third kappa shape index (κ3) is 6.52. The van der Waals surface area contributed by atoms with Gasteiger partial charge in [-0.25, -0.2) is 0 Å². The van der Waals surface area contributed by atoms with Crippen LogP contribution in [0.3, 0.4) is 0 Å². The van der Waals surface area contributed by atoms with Crippen LogP contribution in [0.25, 0.3) is 0 Å². The molecule has 1 aromatic carbocycles. The second kappa shape index (κ2) is 13.2. The summed E-state index contributed by atoms with van der Waals surface area (Å²) in [7, 11) is 0. The predicted molar refractivity (Wildman–Crippen MR) is 176 cm³/mol. The van der Waals surface area contributed by atoms with Gasteiger partial charge in [0.05, 0.1) is 5.69 Å². The minimum absolute atomic E-state index is 0.0132. The molecule has 1 aliphatic carbocycles. The summed E-state index contributed by atoms with van der Waals surface area (Å²) in [6.45, 7) is 4.89. The number of nitrogens with zero attached hydrogens (tertiary/aromatic N) is 4. The highest BCUT2D eigenvalue weighted by molar-refractivity contribution is 9.10. The average Bonchev–Trinajstić information content (AvgIpc) is 3.38. The van der Waals surface area contributed by atoms with Crippen molar-refractivity contribution in [2.75, 3.05) is 26.2 Å². The van der Waals surface area contributed by atoms with E-state index in [2.05, 4.69) is 61.9 Å². The lowest BCUT2D eigenvalue weighted by atomic mass is 9.76. The van der Waals surface area contributed by atoms with Crippen LogP contribution < -0.4 is 5.73 Å². The summed E-state index contributed by atoms with van der Waals surface area (Å²) in [5.41, 5.74) is 12.4. The Bertz CT molecular complexity index is 1570. The van der Waals surface area contributed by atoms with Crippen molar-refractivity contribution in [2.45, 2.75) is 64.3 Å². The minimum Gasteiger partial charge on any atom is -0.368 e. The van der Waals surface area contributed by atoms with Gasteiger partial charge in [-0.3, -0.25) is 19.4 Å². The zero-order valence-corrected chi connectivity index (χ0v) is 28.3. The summed E-state index contributed by atoms with van der Waals surface area (Å²) in [4.78, 5) is 46.8. The molecule has 10 heteroatoms. The topological polar surface area (TPSA) is 102 Å². The van der Waals surface area contributed by atoms with Crippen molar-refractivity contribution < 1.29 is 14.4 Å². The first-order chi connectivity index (χ1) is 21.2. The number of hydrogen-bond acceptors (Lipinski definition) is 4. The van der Waals surface area contributed by atoms with Gasteiger partial charge in [-0.2, -0.15) is 0 Å². The van der Waals surface area contributed by atoms with Crippen LogP contribution in [0.4, 0.5) is 0 Å². The van der Waals surface area contributed by atoms with Gasteiger partial charge in [0, 0.05) is 59.9 Å². The summed E-state index contributed by atoms with van der Waals surface area (Å²) in [5, 5.41) is 0. The molecule has 2 saturated heterocycles. The molecule has 0 spiro atoms. The molecule has 3 aliphatic rings. The number of likely N-dealkylation sites (tertiary alicyclic amines) is 2. The summed E-state index contributed by atoms with van der Waals surface area (Å²) in [6.07, 6.45) is 9.63. The second-order valence-corrected chi connectivity index (χ2v) is 14.4. The molecule has 0 unspecified atom stereocenters. The Kier molecular flexibility index (Phi) is 9.29. The number of hydrogen-bond donors (Lipinski definition) is 1. The highest BCUT2D eigenvalue weighted by atomic mass is 79.9. The van der Waals surface area contributed by atoms with Gasteiger partial charge in [0.1, 0.15) is 12.2 Å². The molecule has 2 aliphatic heterocycles. The van der Waals surface area contributed by atoms with Crippen LogP contribution in [0.1, 0.15) is 76.5 Å². The van der Waals surface area contributed by atoms with E-state index in [-0.39, 0.29) is 30.2 Å². The number of pyridine rings is 1. The summed E-state index contributed by atoms with van der Waals surface area (Å²) < 4.78 is 3.79. The molecule has 0 radical (unpaired) electrons. The number of carbonyl (C=O) groups excluding carboxylic acids is 3. The minimum atomic E-state index is -0.478. The van der Waals surface area contributed by atoms with Crippen LogP contribution in [-0.4, -0.2) is 63.3 Å². The van der Waals surface area contributed by atoms with E-state index >= 15 is 0 Å². The number of amides is 3. The Labute approximate surface area is 275 Å². The van der Waals surface area contributed by atoms with Gasteiger partial charge in [0.15, 0.2) is 0 Å². The van der Waals surface area contributed by atoms with Crippen LogP contribution in [0, 0.1) is 18.8 Å². The van der Waals surface area contributed by atoms with E-state index in [0.29, 0.717) is 31.1 Å². The number of halogens is 2. The van der Waals surface area contributed by atoms with Crippen molar-refractivity contribution in [3.05, 3.63) is 85.3 Å². The highest BCUT2D eigenvalue weighted by Gasteiger charge is 2.37. The molecule has 2 N–H and O–H groups in total. The summed E-state index contributed by atoms with van der Waals surface area (Å²) >= 11 is 7.56. The van der Waals surface area contributed by atoms with Gasteiger partial charge in [-0.05, 0) is 120 Å². The number of benzene rings is 1. The largest absolute Gasteiger partial charge is 0.368 e. The van der Waals surface area contributed by atoms with Gasteiger partial charge >= 0.3 is 0 Å². The van der Waals surface area contributed by atoms with Gasteiger partial charge in [0.2, 0.25) is 11.8 Å². The van der Waals surface area contributed by atoms with Crippen molar-refractivity contribution in [2.24, 2.45) is 17.6 Å². The number of carbonyl (C=O) groups is 3. The van der Waals surface area contributed by atoms with Crippen molar-refractivity contribution in [3.63, 3.8) is 0 Å². The Morgan fingerprint density at radius 3 is 2.39 bits per heavy atom. The van der Waals surface area contributed by atoms with E-state index < -0.39 is 5.91 Å². The maximum absolute atomic E-state index is 13.5. The molecule has 0 bridgehead atoms. The van der Waals surface area contributed by atoms with Gasteiger partial charge < -0.3 is 20.1 Å². The van der Waals surface area contributed by atoms with E-state index in [9.17, 15) is 14.4 Å². The van der Waals surface area contributed by atoms with E-state index in [1.807, 2.05) is 11.1 Å². The van der Waals surface area contributed by atoms with Crippen molar-refractivity contribution >= 4 is 49.6 Å². The Balaban J connectivity index is 1.07. The fourth-order valence-corrected chi connectivity index (χ4v) is 8.73. The molecule has 2 aromatic heterocycles. The molecule has 2 fully saturated rings. The standard InChI is InChI=1S/C34H39Br2N5O3/c1-21-15-24-4-5-25-18-26(35)19-38-33(25)32(31(24)27(36)16-21)23-8-13-39(14-9-23)30(43)17-22-6-11-40(12-7-22)34(44)28-3-2-10-41(28)20-29(37)42/h2-3,10,15-16,18-19,22-23,32H,4-9,11-14,17,20H2,1H3,(H2,37,42)/t32-/m1/s1. The van der Waals surface area contributed by atoms with Gasteiger partial charge in [0.25, 0.3) is 5.91 Å². The number of rotatable bonds is 6. The monoisotopic (exact) mass is 723 g/mol. The van der Waals surface area contributed by atoms with E-state index in [0.717, 1.165) is 56.1 Å². The third-order valence-corrected chi connectivity index (χ3v) is 10.8. The molecular weight excluding hydrogens is 686 g/mol. The molecule has 6 rings (SSSR count). The first-order valence-electron chi connectivity index (χ1n) is 15.6. The number of aryl methyl sites for hydroxylation is 3. The molecule has 232 valence electrons. The zero-order valence-electron chi connectivity index (χ0n) is 25.1. The fourth-order valence-electron chi connectivity index (χ4n) is 7.49. The molecule has 3 aromatic rings. The second-order valence-electron chi connectivity index (χ2n) is 12.6. The first kappa shape index (κ1) is 31.0. The molecular formula is C34H39Br2N5O3. The van der Waals surface area contributed by atoms with Crippen molar-refractivity contribution in [3.8, 4) is 0 Å². The number of piperidine rings is 2. The summed E-state index contributed by atoms with van der Waals surface area (Å²) in [6, 6.07) is 10.3. The highest BCUT2D eigenvalue weighted by Crippen LogP contribution is 2.45. The SMILES string of the molecule is Cc1cc(Br)c2c(c1)CCc1cc(Br)cnc1[C@@H]2C1CCN(C(=O)CC2CCN(C(=O)c3cccn3CC(N)=O)CC2)CC1. The van der Waals surface area contributed by atoms with Crippen LogP contribution >= 0.6 is 31.9 Å². The molecule has 0 saturated carbocycles. The van der Waals surface area contributed by atoms with E-state index in [1.165, 1.54) is 32.4 Å². The van der Waals surface area contributed by atoms with E-state index in [4.69, 9.17) is 10.7 Å². The molecule has 8 nitrogen and oxygen atoms in total. The maximum Gasteiger partial charge on any atom is 0.270 e. The van der Waals surface area contributed by atoms with Crippen LogP contribution in [0.2, 0.25) is 0 Å².